The van der Waals surface area contributed by atoms with E-state index in [9.17, 15) is 23.1 Å². The topological polar surface area (TPSA) is 104 Å². The number of carbonyl (C=O) groups is 2. The summed E-state index contributed by atoms with van der Waals surface area (Å²) >= 11 is 12.5. The first-order valence-corrected chi connectivity index (χ1v) is 14.5. The highest BCUT2D eigenvalue weighted by Gasteiger charge is 2.54. The lowest BCUT2D eigenvalue weighted by Crippen LogP contribution is -2.59. The van der Waals surface area contributed by atoms with E-state index in [-0.39, 0.29) is 30.7 Å². The van der Waals surface area contributed by atoms with E-state index in [1.54, 1.807) is 30.0 Å². The maximum Gasteiger partial charge on any atom is 0.304 e. The Labute approximate surface area is 221 Å². The first-order chi connectivity index (χ1) is 16.9. The molecule has 1 heterocycles. The van der Waals surface area contributed by atoms with Gasteiger partial charge in [-0.2, -0.15) is 0 Å². The van der Waals surface area contributed by atoms with Crippen LogP contribution in [0.2, 0.25) is 10.0 Å². The molecule has 1 saturated carbocycles. The van der Waals surface area contributed by atoms with Crippen molar-refractivity contribution in [1.29, 1.82) is 0 Å². The summed E-state index contributed by atoms with van der Waals surface area (Å²) in [6.45, 7) is 1.75. The molecular weight excluding hydrogens is 523 g/mol. The fourth-order valence-corrected chi connectivity index (χ4v) is 6.25. The van der Waals surface area contributed by atoms with Crippen molar-refractivity contribution in [3.63, 3.8) is 0 Å². The van der Waals surface area contributed by atoms with Crippen LogP contribution in [-0.2, 0) is 19.6 Å². The second-order valence-electron chi connectivity index (χ2n) is 10.2. The van der Waals surface area contributed by atoms with Gasteiger partial charge in [0.1, 0.15) is 0 Å². The van der Waals surface area contributed by atoms with E-state index in [0.717, 1.165) is 30.2 Å². The molecule has 0 aromatic heterocycles. The van der Waals surface area contributed by atoms with Gasteiger partial charge in [0, 0.05) is 28.5 Å². The molecule has 194 valence electrons. The molecule has 0 bridgehead atoms. The zero-order valence-electron chi connectivity index (χ0n) is 20.2. The normalized spacial score (nSPS) is 25.6. The van der Waals surface area contributed by atoms with E-state index < -0.39 is 33.5 Å². The van der Waals surface area contributed by atoms with E-state index in [1.165, 1.54) is 0 Å². The molecular formula is C26H30Cl2N2O5S. The lowest BCUT2D eigenvalue weighted by Gasteiger charge is -2.52. The summed E-state index contributed by atoms with van der Waals surface area (Å²) in [4.78, 5) is 27.9. The van der Waals surface area contributed by atoms with Crippen molar-refractivity contribution in [3.05, 3.63) is 69.7 Å². The van der Waals surface area contributed by atoms with Crippen molar-refractivity contribution in [3.8, 4) is 0 Å². The predicted molar refractivity (Wildman–Crippen MR) is 140 cm³/mol. The largest absolute Gasteiger partial charge is 0.481 e. The van der Waals surface area contributed by atoms with Crippen LogP contribution in [0.5, 0.6) is 0 Å². The fourth-order valence-electron chi connectivity index (χ4n) is 5.45. The van der Waals surface area contributed by atoms with Crippen LogP contribution in [0.1, 0.15) is 55.7 Å². The van der Waals surface area contributed by atoms with E-state index in [2.05, 4.69) is 4.72 Å². The average Bonchev–Trinajstić information content (AvgIpc) is 3.61. The molecule has 2 fully saturated rings. The van der Waals surface area contributed by atoms with Crippen molar-refractivity contribution >= 4 is 45.1 Å². The van der Waals surface area contributed by atoms with Crippen molar-refractivity contribution < 1.29 is 23.1 Å². The Morgan fingerprint density at radius 1 is 1.14 bits per heavy atom. The minimum absolute atomic E-state index is 0.0603. The van der Waals surface area contributed by atoms with Crippen LogP contribution in [0, 0.1) is 11.3 Å². The smallest absolute Gasteiger partial charge is 0.304 e. The van der Waals surface area contributed by atoms with Crippen molar-refractivity contribution in [2.24, 2.45) is 11.3 Å². The molecule has 1 saturated heterocycles. The van der Waals surface area contributed by atoms with Gasteiger partial charge in [0.25, 0.3) is 0 Å². The molecule has 2 aromatic carbocycles. The molecule has 2 N–H and O–H groups in total. The molecule has 0 radical (unpaired) electrons. The van der Waals surface area contributed by atoms with Crippen molar-refractivity contribution in [1.82, 2.24) is 9.62 Å². The minimum atomic E-state index is -3.50. The van der Waals surface area contributed by atoms with Gasteiger partial charge >= 0.3 is 5.97 Å². The first kappa shape index (κ1) is 26.9. The number of nitrogens with one attached hydrogen (secondary N) is 1. The molecule has 4 atom stereocenters. The van der Waals surface area contributed by atoms with Gasteiger partial charge in [0.2, 0.25) is 15.9 Å². The molecule has 7 nitrogen and oxygen atoms in total. The monoisotopic (exact) mass is 552 g/mol. The van der Waals surface area contributed by atoms with Gasteiger partial charge in [-0.15, -0.1) is 0 Å². The number of sulfonamides is 1. The van der Waals surface area contributed by atoms with Crippen molar-refractivity contribution in [2.75, 3.05) is 12.8 Å². The summed E-state index contributed by atoms with van der Waals surface area (Å²) in [5, 5.41) is 10.8. The Balaban J connectivity index is 1.89. The van der Waals surface area contributed by atoms with Gasteiger partial charge in [0.05, 0.1) is 24.1 Å². The third-order valence-electron chi connectivity index (χ3n) is 7.21. The van der Waals surface area contributed by atoms with E-state index in [0.29, 0.717) is 16.5 Å². The Morgan fingerprint density at radius 3 is 2.36 bits per heavy atom. The standard InChI is InChI=1S/C26H30Cl2N2O5S/c1-26(14-23(31)32)13-21(18-4-3-5-20(28)12-18)24(17-8-10-19(27)11-9-17)30(25(26)33)22(16-6-7-16)15-29-36(2,34)35/h3-5,8-12,16,21-22,24,29H,6-7,13-15H2,1-2H3,(H,31,32)/t21-,22-,24?,26-/m1/s1. The number of rotatable bonds is 9. The SMILES string of the molecule is C[C@]1(CC(=O)O)C[C@H](c2cccc(Cl)c2)C(c2ccc(Cl)cc2)N([C@H](CNS(C)(=O)=O)C2CC2)C1=O. The number of nitrogens with zero attached hydrogens (tertiary/aromatic N) is 1. The summed E-state index contributed by atoms with van der Waals surface area (Å²) in [6.07, 6.45) is 2.80. The van der Waals surface area contributed by atoms with Crippen LogP contribution in [-0.4, -0.2) is 49.1 Å². The molecule has 2 aliphatic rings. The summed E-state index contributed by atoms with van der Waals surface area (Å²) < 4.78 is 26.6. The average molecular weight is 554 g/mol. The molecule has 1 amide bonds. The number of hydrogen-bond acceptors (Lipinski definition) is 4. The third-order valence-corrected chi connectivity index (χ3v) is 8.39. The van der Waals surface area contributed by atoms with E-state index in [4.69, 9.17) is 23.2 Å². The Hall–Kier alpha value is -2.13. The maximum absolute atomic E-state index is 14.2. The molecule has 1 aliphatic carbocycles. The highest BCUT2D eigenvalue weighted by molar-refractivity contribution is 7.88. The van der Waals surface area contributed by atoms with E-state index in [1.807, 2.05) is 30.3 Å². The number of amides is 1. The minimum Gasteiger partial charge on any atom is -0.481 e. The molecule has 2 aromatic rings. The van der Waals surface area contributed by atoms with Crippen LogP contribution in [0.3, 0.4) is 0 Å². The molecule has 36 heavy (non-hydrogen) atoms. The van der Waals surface area contributed by atoms with Crippen LogP contribution in [0.25, 0.3) is 0 Å². The number of aliphatic carboxylic acids is 1. The van der Waals surface area contributed by atoms with Gasteiger partial charge in [-0.25, -0.2) is 13.1 Å². The van der Waals surface area contributed by atoms with Crippen LogP contribution < -0.4 is 4.72 Å². The highest BCUT2D eigenvalue weighted by atomic mass is 35.5. The van der Waals surface area contributed by atoms with E-state index >= 15 is 0 Å². The molecule has 0 spiro atoms. The number of hydrogen-bond donors (Lipinski definition) is 2. The van der Waals surface area contributed by atoms with Gasteiger partial charge in [-0.1, -0.05) is 54.4 Å². The Morgan fingerprint density at radius 2 is 1.81 bits per heavy atom. The number of halogens is 2. The maximum atomic E-state index is 14.2. The van der Waals surface area contributed by atoms with Crippen molar-refractivity contribution in [2.45, 2.75) is 50.6 Å². The Bertz CT molecular complexity index is 1250. The summed E-state index contributed by atoms with van der Waals surface area (Å²) in [5.41, 5.74) is 0.558. The number of piperidine rings is 1. The van der Waals surface area contributed by atoms with Gasteiger partial charge in [0.15, 0.2) is 0 Å². The van der Waals surface area contributed by atoms with Crippen LogP contribution in [0.15, 0.2) is 48.5 Å². The zero-order chi connectivity index (χ0) is 26.3. The lowest BCUT2D eigenvalue weighted by molar-refractivity contribution is -0.161. The van der Waals surface area contributed by atoms with Gasteiger partial charge < -0.3 is 10.0 Å². The van der Waals surface area contributed by atoms with Crippen LogP contribution >= 0.6 is 23.2 Å². The summed E-state index contributed by atoms with van der Waals surface area (Å²) in [6, 6.07) is 13.8. The number of likely N-dealkylation sites (tertiary alicyclic amines) is 1. The molecule has 1 unspecified atom stereocenters. The first-order valence-electron chi connectivity index (χ1n) is 11.9. The van der Waals surface area contributed by atoms with Gasteiger partial charge in [-0.3, -0.25) is 9.59 Å². The quantitative estimate of drug-likeness (QED) is 0.462. The molecule has 4 rings (SSSR count). The number of carboxylic acid groups (broad SMARTS) is 1. The second-order valence-corrected chi connectivity index (χ2v) is 12.9. The number of carboxylic acids is 1. The lowest BCUT2D eigenvalue weighted by atomic mass is 9.67. The second kappa shape index (κ2) is 10.3. The summed E-state index contributed by atoms with van der Waals surface area (Å²) in [5.74, 6) is -1.50. The highest BCUT2D eigenvalue weighted by Crippen LogP contribution is 2.53. The zero-order valence-corrected chi connectivity index (χ0v) is 22.5. The Kier molecular flexibility index (Phi) is 7.72. The predicted octanol–water partition coefficient (Wildman–Crippen LogP) is 4.86. The fraction of sp³-hybridized carbons (Fsp3) is 0.462. The third kappa shape index (κ3) is 6.05. The van der Waals surface area contributed by atoms with Gasteiger partial charge in [-0.05, 0) is 60.6 Å². The number of benzene rings is 2. The summed E-state index contributed by atoms with van der Waals surface area (Å²) in [7, 11) is -3.50. The molecule has 1 aliphatic heterocycles. The number of carbonyl (C=O) groups excluding carboxylic acids is 1. The van der Waals surface area contributed by atoms with Crippen LogP contribution in [0.4, 0.5) is 0 Å². The molecule has 10 heteroatoms.